The Bertz CT molecular complexity index is 785. The Morgan fingerprint density at radius 1 is 1.20 bits per heavy atom. The molecule has 0 aromatic heterocycles. The fourth-order valence-corrected chi connectivity index (χ4v) is 2.50. The largest absolute Gasteiger partial charge is 0.507 e. The van der Waals surface area contributed by atoms with E-state index in [1.807, 2.05) is 0 Å². The zero-order chi connectivity index (χ0) is 22.5. The Morgan fingerprint density at radius 3 is 2.50 bits per heavy atom. The molecule has 11 heteroatoms. The van der Waals surface area contributed by atoms with E-state index in [1.54, 1.807) is 18.2 Å². The third kappa shape index (κ3) is 8.52. The average Bonchev–Trinajstić information content (AvgIpc) is 2.75. The molecule has 0 spiro atoms. The molecule has 0 aliphatic heterocycles. The van der Waals surface area contributed by atoms with Gasteiger partial charge in [-0.25, -0.2) is 4.79 Å². The lowest BCUT2D eigenvalue weighted by Crippen LogP contribution is -2.49. The second kappa shape index (κ2) is 13.2. The van der Waals surface area contributed by atoms with Gasteiger partial charge in [0.1, 0.15) is 24.4 Å². The summed E-state index contributed by atoms with van der Waals surface area (Å²) in [6.45, 7) is -0.332. The molecule has 0 aliphatic carbocycles. The number of aliphatic imine (C=N–C) groups is 1. The monoisotopic (exact) mass is 439 g/mol. The van der Waals surface area contributed by atoms with Gasteiger partial charge < -0.3 is 25.2 Å². The number of hydrogen-bond acceptors (Lipinski definition) is 9. The number of aromatic hydroxyl groups is 1. The summed E-state index contributed by atoms with van der Waals surface area (Å²) >= 11 is 4.02. The lowest BCUT2D eigenvalue weighted by atomic mass is 10.1. The zero-order valence-electron chi connectivity index (χ0n) is 16.7. The SMILES string of the molecule is COC(=O)CNC(=O)[C@H](CS)NC(=O)CC[C@H](N=Cc1ccccc1O)C(=O)OC. The molecule has 1 rings (SSSR count). The molecule has 0 unspecified atom stereocenters. The first-order valence-electron chi connectivity index (χ1n) is 8.96. The molecule has 0 aliphatic rings. The van der Waals surface area contributed by atoms with Crippen molar-refractivity contribution in [2.75, 3.05) is 26.5 Å². The van der Waals surface area contributed by atoms with Crippen molar-refractivity contribution >= 4 is 42.6 Å². The van der Waals surface area contributed by atoms with Gasteiger partial charge >= 0.3 is 11.9 Å². The van der Waals surface area contributed by atoms with Gasteiger partial charge in [-0.15, -0.1) is 0 Å². The molecule has 0 saturated carbocycles. The number of carbonyl (C=O) groups excluding carboxylic acids is 4. The highest BCUT2D eigenvalue weighted by Gasteiger charge is 2.23. The van der Waals surface area contributed by atoms with E-state index in [2.05, 4.69) is 33.0 Å². The topological polar surface area (TPSA) is 143 Å². The summed E-state index contributed by atoms with van der Waals surface area (Å²) < 4.78 is 9.12. The molecular weight excluding hydrogens is 414 g/mol. The van der Waals surface area contributed by atoms with E-state index in [0.29, 0.717) is 5.56 Å². The van der Waals surface area contributed by atoms with Crippen LogP contribution in [0, 0.1) is 0 Å². The van der Waals surface area contributed by atoms with E-state index in [1.165, 1.54) is 26.5 Å². The highest BCUT2D eigenvalue weighted by molar-refractivity contribution is 7.80. The van der Waals surface area contributed by atoms with Crippen LogP contribution in [0.15, 0.2) is 29.3 Å². The van der Waals surface area contributed by atoms with Crippen LogP contribution in [-0.4, -0.2) is 73.7 Å². The van der Waals surface area contributed by atoms with Crippen LogP contribution < -0.4 is 10.6 Å². The second-order valence-electron chi connectivity index (χ2n) is 6.01. The molecular formula is C19H25N3O7S. The highest BCUT2D eigenvalue weighted by atomic mass is 32.1. The fraction of sp³-hybridized carbons (Fsp3) is 0.421. The number of phenols is 1. The third-order valence-electron chi connectivity index (χ3n) is 3.92. The van der Waals surface area contributed by atoms with Crippen molar-refractivity contribution in [1.29, 1.82) is 0 Å². The van der Waals surface area contributed by atoms with Gasteiger partial charge in [-0.05, 0) is 18.6 Å². The lowest BCUT2D eigenvalue weighted by Gasteiger charge is -2.16. The number of para-hydroxylation sites is 1. The number of esters is 2. The van der Waals surface area contributed by atoms with Crippen molar-refractivity contribution < 1.29 is 33.8 Å². The summed E-state index contributed by atoms with van der Waals surface area (Å²) in [7, 11) is 2.39. The molecule has 164 valence electrons. The maximum absolute atomic E-state index is 12.2. The van der Waals surface area contributed by atoms with E-state index < -0.39 is 35.8 Å². The number of amides is 2. The molecule has 0 heterocycles. The number of nitrogens with zero attached hydrogens (tertiary/aromatic N) is 1. The molecule has 3 N–H and O–H groups in total. The Hall–Kier alpha value is -3.08. The smallest absolute Gasteiger partial charge is 0.330 e. The Morgan fingerprint density at radius 2 is 1.90 bits per heavy atom. The summed E-state index contributed by atoms with van der Waals surface area (Å²) in [5, 5.41) is 14.6. The molecule has 0 bridgehead atoms. The number of nitrogens with one attached hydrogen (secondary N) is 2. The van der Waals surface area contributed by atoms with E-state index in [-0.39, 0.29) is 30.9 Å². The lowest BCUT2D eigenvalue weighted by molar-refractivity contribution is -0.142. The van der Waals surface area contributed by atoms with Crippen molar-refractivity contribution in [3.05, 3.63) is 29.8 Å². The van der Waals surface area contributed by atoms with Gasteiger partial charge in [-0.1, -0.05) is 12.1 Å². The van der Waals surface area contributed by atoms with Crippen molar-refractivity contribution in [2.45, 2.75) is 24.9 Å². The number of benzene rings is 1. The molecule has 30 heavy (non-hydrogen) atoms. The summed E-state index contributed by atoms with van der Waals surface area (Å²) in [5.41, 5.74) is 0.410. The fourth-order valence-electron chi connectivity index (χ4n) is 2.24. The second-order valence-corrected chi connectivity index (χ2v) is 6.38. The third-order valence-corrected chi connectivity index (χ3v) is 4.28. The summed E-state index contributed by atoms with van der Waals surface area (Å²) in [6.07, 6.45) is 1.23. The maximum Gasteiger partial charge on any atom is 0.330 e. The Kier molecular flexibility index (Phi) is 11.0. The van der Waals surface area contributed by atoms with Crippen LogP contribution in [0.2, 0.25) is 0 Å². The highest BCUT2D eigenvalue weighted by Crippen LogP contribution is 2.14. The maximum atomic E-state index is 12.2. The molecule has 10 nitrogen and oxygen atoms in total. The van der Waals surface area contributed by atoms with Crippen molar-refractivity contribution in [3.8, 4) is 5.75 Å². The number of thiol groups is 1. The van der Waals surface area contributed by atoms with Crippen LogP contribution >= 0.6 is 12.6 Å². The van der Waals surface area contributed by atoms with Gasteiger partial charge in [0.05, 0.1) is 14.2 Å². The van der Waals surface area contributed by atoms with Crippen LogP contribution in [0.3, 0.4) is 0 Å². The van der Waals surface area contributed by atoms with E-state index in [9.17, 15) is 24.3 Å². The first-order chi connectivity index (χ1) is 14.3. The van der Waals surface area contributed by atoms with Crippen LogP contribution in [-0.2, 0) is 28.7 Å². The number of ether oxygens (including phenoxy) is 2. The summed E-state index contributed by atoms with van der Waals surface area (Å²) in [5.74, 6) is -2.37. The van der Waals surface area contributed by atoms with Crippen LogP contribution in [0.4, 0.5) is 0 Å². The van der Waals surface area contributed by atoms with Gasteiger partial charge in [0.25, 0.3) is 0 Å². The predicted molar refractivity (Wildman–Crippen MR) is 112 cm³/mol. The van der Waals surface area contributed by atoms with Crippen LogP contribution in [0.25, 0.3) is 0 Å². The number of hydrogen-bond donors (Lipinski definition) is 4. The van der Waals surface area contributed by atoms with Gasteiger partial charge in [0, 0.05) is 24.0 Å². The number of methoxy groups -OCH3 is 2. The van der Waals surface area contributed by atoms with Gasteiger partial charge in [0.2, 0.25) is 11.8 Å². The van der Waals surface area contributed by atoms with Gasteiger partial charge in [-0.3, -0.25) is 19.4 Å². The minimum absolute atomic E-state index is 0.00260. The van der Waals surface area contributed by atoms with E-state index in [0.717, 1.165) is 0 Å². The normalized spacial score (nSPS) is 12.6. The first kappa shape index (κ1) is 25.0. The van der Waals surface area contributed by atoms with Crippen LogP contribution in [0.1, 0.15) is 18.4 Å². The predicted octanol–water partition coefficient (Wildman–Crippen LogP) is -0.163. The zero-order valence-corrected chi connectivity index (χ0v) is 17.6. The molecule has 0 saturated heterocycles. The number of rotatable bonds is 11. The molecule has 0 radical (unpaired) electrons. The van der Waals surface area contributed by atoms with Crippen molar-refractivity contribution in [1.82, 2.24) is 10.6 Å². The average molecular weight is 439 g/mol. The molecule has 2 amide bonds. The number of carbonyl (C=O) groups is 4. The first-order valence-corrected chi connectivity index (χ1v) is 9.59. The number of phenolic OH excluding ortho intramolecular Hbond substituents is 1. The van der Waals surface area contributed by atoms with Crippen molar-refractivity contribution in [3.63, 3.8) is 0 Å². The molecule has 1 aromatic rings. The Labute approximate surface area is 179 Å². The standard InChI is InChI=1S/C19H25N3O7S/c1-28-17(25)10-21-18(26)14(11-30)22-16(24)8-7-13(19(27)29-2)20-9-12-5-3-4-6-15(12)23/h3-6,9,13-14,23,30H,7-8,10-11H2,1-2H3,(H,21,26)(H,22,24)/t13-,14-/m0/s1. The van der Waals surface area contributed by atoms with Crippen molar-refractivity contribution in [2.24, 2.45) is 4.99 Å². The summed E-state index contributed by atoms with van der Waals surface area (Å²) in [4.78, 5) is 51.3. The Balaban J connectivity index is 2.66. The van der Waals surface area contributed by atoms with E-state index >= 15 is 0 Å². The molecule has 2 atom stereocenters. The molecule has 1 aromatic carbocycles. The summed E-state index contributed by atoms with van der Waals surface area (Å²) in [6, 6.07) is 4.50. The quantitative estimate of drug-likeness (QED) is 0.213. The van der Waals surface area contributed by atoms with Crippen LogP contribution in [0.5, 0.6) is 5.75 Å². The molecule has 0 fully saturated rings. The van der Waals surface area contributed by atoms with Gasteiger partial charge in [0.15, 0.2) is 0 Å². The minimum Gasteiger partial charge on any atom is -0.507 e. The van der Waals surface area contributed by atoms with Gasteiger partial charge in [-0.2, -0.15) is 12.6 Å². The minimum atomic E-state index is -0.969. The van der Waals surface area contributed by atoms with E-state index in [4.69, 9.17) is 4.74 Å².